The van der Waals surface area contributed by atoms with Crippen molar-refractivity contribution in [3.8, 4) is 0 Å². The maximum atomic E-state index is 11.9. The first-order chi connectivity index (χ1) is 9.93. The van der Waals surface area contributed by atoms with E-state index in [1.54, 1.807) is 6.92 Å². The van der Waals surface area contributed by atoms with Crippen molar-refractivity contribution >= 4 is 29.4 Å². The summed E-state index contributed by atoms with van der Waals surface area (Å²) in [5, 5.41) is 11.5. The fourth-order valence-electron chi connectivity index (χ4n) is 1.52. The molecule has 0 aliphatic heterocycles. The fraction of sp³-hybridized carbons (Fsp3) is 0.385. The van der Waals surface area contributed by atoms with Crippen molar-refractivity contribution in [2.75, 3.05) is 6.61 Å². The Morgan fingerprint density at radius 2 is 2.14 bits per heavy atom. The highest BCUT2D eigenvalue weighted by molar-refractivity contribution is 6.29. The highest BCUT2D eigenvalue weighted by Gasteiger charge is 2.22. The SMILES string of the molecule is CCOC(=O)CC[C@H](NC(=O)c1cccc(Cl)n1)C(=O)O. The molecule has 0 bridgehead atoms. The molecule has 0 fully saturated rings. The zero-order chi connectivity index (χ0) is 15.8. The van der Waals surface area contributed by atoms with Gasteiger partial charge in [-0.05, 0) is 25.5 Å². The quantitative estimate of drug-likeness (QED) is 0.580. The number of nitrogens with one attached hydrogen (secondary N) is 1. The van der Waals surface area contributed by atoms with Crippen LogP contribution in [0.25, 0.3) is 0 Å². The summed E-state index contributed by atoms with van der Waals surface area (Å²) in [5.41, 5.74) is 0.00452. The number of carbonyl (C=O) groups is 3. The van der Waals surface area contributed by atoms with Gasteiger partial charge in [0.05, 0.1) is 6.61 Å². The Kier molecular flexibility index (Phi) is 6.61. The smallest absolute Gasteiger partial charge is 0.326 e. The predicted octanol–water partition coefficient (Wildman–Crippen LogP) is 1.26. The van der Waals surface area contributed by atoms with Gasteiger partial charge < -0.3 is 15.2 Å². The number of aliphatic carboxylic acids is 1. The van der Waals surface area contributed by atoms with Crippen LogP contribution in [0.3, 0.4) is 0 Å². The molecule has 0 aromatic carbocycles. The lowest BCUT2D eigenvalue weighted by Crippen LogP contribution is -2.41. The Hall–Kier alpha value is -2.15. The number of ether oxygens (including phenoxy) is 1. The Balaban J connectivity index is 2.64. The van der Waals surface area contributed by atoms with Crippen molar-refractivity contribution in [3.05, 3.63) is 29.0 Å². The van der Waals surface area contributed by atoms with Crippen molar-refractivity contribution in [1.82, 2.24) is 10.3 Å². The molecule has 0 spiro atoms. The summed E-state index contributed by atoms with van der Waals surface area (Å²) >= 11 is 5.66. The minimum atomic E-state index is -1.24. The Labute approximate surface area is 126 Å². The minimum Gasteiger partial charge on any atom is -0.480 e. The first kappa shape index (κ1) is 16.9. The average molecular weight is 315 g/mol. The highest BCUT2D eigenvalue weighted by Crippen LogP contribution is 2.06. The van der Waals surface area contributed by atoms with E-state index in [9.17, 15) is 14.4 Å². The molecule has 1 amide bonds. The third-order valence-corrected chi connectivity index (χ3v) is 2.70. The molecular weight excluding hydrogens is 300 g/mol. The van der Waals surface area contributed by atoms with Gasteiger partial charge in [0.15, 0.2) is 0 Å². The van der Waals surface area contributed by atoms with Crippen LogP contribution in [0.2, 0.25) is 5.15 Å². The van der Waals surface area contributed by atoms with E-state index in [-0.39, 0.29) is 30.3 Å². The second kappa shape index (κ2) is 8.21. The number of amides is 1. The molecule has 2 N–H and O–H groups in total. The molecular formula is C13H15ClN2O5. The second-order valence-electron chi connectivity index (χ2n) is 4.05. The van der Waals surface area contributed by atoms with Crippen LogP contribution in [0, 0.1) is 0 Å². The van der Waals surface area contributed by atoms with Gasteiger partial charge in [-0.3, -0.25) is 9.59 Å². The van der Waals surface area contributed by atoms with Gasteiger partial charge in [-0.2, -0.15) is 0 Å². The topological polar surface area (TPSA) is 106 Å². The molecule has 0 saturated heterocycles. The molecule has 0 saturated carbocycles. The van der Waals surface area contributed by atoms with Crippen LogP contribution in [0.5, 0.6) is 0 Å². The van der Waals surface area contributed by atoms with Crippen molar-refractivity contribution in [2.24, 2.45) is 0 Å². The van der Waals surface area contributed by atoms with E-state index in [1.165, 1.54) is 18.2 Å². The molecule has 0 aliphatic carbocycles. The minimum absolute atomic E-state index is 0.00452. The molecule has 0 unspecified atom stereocenters. The van der Waals surface area contributed by atoms with Crippen LogP contribution in [-0.4, -0.2) is 40.6 Å². The van der Waals surface area contributed by atoms with Gasteiger partial charge in [0.2, 0.25) is 0 Å². The van der Waals surface area contributed by atoms with Crippen LogP contribution in [0.1, 0.15) is 30.3 Å². The lowest BCUT2D eigenvalue weighted by Gasteiger charge is -2.13. The van der Waals surface area contributed by atoms with E-state index in [0.29, 0.717) is 0 Å². The van der Waals surface area contributed by atoms with Crippen LogP contribution < -0.4 is 5.32 Å². The Morgan fingerprint density at radius 3 is 2.71 bits per heavy atom. The monoisotopic (exact) mass is 314 g/mol. The number of hydrogen-bond acceptors (Lipinski definition) is 5. The number of aromatic nitrogens is 1. The molecule has 0 aliphatic rings. The summed E-state index contributed by atoms with van der Waals surface area (Å²) in [6.07, 6.45) is -0.172. The van der Waals surface area contributed by atoms with E-state index in [0.717, 1.165) is 0 Å². The number of hydrogen-bond donors (Lipinski definition) is 2. The van der Waals surface area contributed by atoms with Crippen LogP contribution >= 0.6 is 11.6 Å². The van der Waals surface area contributed by atoms with E-state index < -0.39 is 23.9 Å². The normalized spacial score (nSPS) is 11.5. The molecule has 21 heavy (non-hydrogen) atoms. The number of halogens is 1. The summed E-state index contributed by atoms with van der Waals surface area (Å²) < 4.78 is 4.70. The maximum Gasteiger partial charge on any atom is 0.326 e. The molecule has 1 atom stereocenters. The van der Waals surface area contributed by atoms with E-state index in [4.69, 9.17) is 21.4 Å². The van der Waals surface area contributed by atoms with Crippen molar-refractivity contribution in [2.45, 2.75) is 25.8 Å². The lowest BCUT2D eigenvalue weighted by molar-refractivity contribution is -0.144. The second-order valence-corrected chi connectivity index (χ2v) is 4.44. The van der Waals surface area contributed by atoms with Crippen molar-refractivity contribution < 1.29 is 24.2 Å². The van der Waals surface area contributed by atoms with E-state index in [2.05, 4.69) is 10.3 Å². The van der Waals surface area contributed by atoms with E-state index >= 15 is 0 Å². The number of carbonyl (C=O) groups excluding carboxylic acids is 2. The molecule has 1 aromatic heterocycles. The van der Waals surface area contributed by atoms with E-state index in [1.807, 2.05) is 0 Å². The molecule has 7 nitrogen and oxygen atoms in total. The largest absolute Gasteiger partial charge is 0.480 e. The Bertz CT molecular complexity index is 535. The van der Waals surface area contributed by atoms with Crippen molar-refractivity contribution in [3.63, 3.8) is 0 Å². The first-order valence-corrected chi connectivity index (χ1v) is 6.63. The third kappa shape index (κ3) is 5.78. The number of carboxylic acids is 1. The maximum absolute atomic E-state index is 11.9. The average Bonchev–Trinajstić information content (AvgIpc) is 2.43. The van der Waals surface area contributed by atoms with Gasteiger partial charge in [-0.25, -0.2) is 9.78 Å². The third-order valence-electron chi connectivity index (χ3n) is 2.49. The van der Waals surface area contributed by atoms with Crippen LogP contribution in [-0.2, 0) is 14.3 Å². The molecule has 0 radical (unpaired) electrons. The number of nitrogens with zero attached hydrogens (tertiary/aromatic N) is 1. The lowest BCUT2D eigenvalue weighted by atomic mass is 10.1. The zero-order valence-electron chi connectivity index (χ0n) is 11.3. The van der Waals surface area contributed by atoms with Crippen LogP contribution in [0.4, 0.5) is 0 Å². The molecule has 1 aromatic rings. The van der Waals surface area contributed by atoms with Gasteiger partial charge in [0.25, 0.3) is 5.91 Å². The zero-order valence-corrected chi connectivity index (χ0v) is 12.1. The summed E-state index contributed by atoms with van der Waals surface area (Å²) in [7, 11) is 0. The number of carboxylic acid groups (broad SMARTS) is 1. The van der Waals surface area contributed by atoms with Crippen LogP contribution in [0.15, 0.2) is 18.2 Å². The van der Waals surface area contributed by atoms with Gasteiger partial charge in [-0.15, -0.1) is 0 Å². The number of rotatable bonds is 7. The predicted molar refractivity (Wildman–Crippen MR) is 74.0 cm³/mol. The molecule has 8 heteroatoms. The first-order valence-electron chi connectivity index (χ1n) is 6.26. The highest BCUT2D eigenvalue weighted by atomic mass is 35.5. The molecule has 1 rings (SSSR count). The summed E-state index contributed by atoms with van der Waals surface area (Å²) in [6, 6.07) is 3.22. The molecule has 1 heterocycles. The number of pyridine rings is 1. The summed E-state index contributed by atoms with van der Waals surface area (Å²) in [6.45, 7) is 1.87. The summed E-state index contributed by atoms with van der Waals surface area (Å²) in [5.74, 6) is -2.43. The standard InChI is InChI=1S/C13H15ClN2O5/c1-2-21-11(17)7-6-9(13(19)20)16-12(18)8-4-3-5-10(14)15-8/h3-5,9H,2,6-7H2,1H3,(H,16,18)(H,19,20)/t9-/m0/s1. The van der Waals surface area contributed by atoms with Gasteiger partial charge >= 0.3 is 11.9 Å². The van der Waals surface area contributed by atoms with Gasteiger partial charge in [0.1, 0.15) is 16.9 Å². The van der Waals surface area contributed by atoms with Gasteiger partial charge in [0, 0.05) is 6.42 Å². The van der Waals surface area contributed by atoms with Gasteiger partial charge in [-0.1, -0.05) is 17.7 Å². The van der Waals surface area contributed by atoms with Crippen molar-refractivity contribution in [1.29, 1.82) is 0 Å². The number of esters is 1. The molecule has 114 valence electrons. The summed E-state index contributed by atoms with van der Waals surface area (Å²) in [4.78, 5) is 38.0. The Morgan fingerprint density at radius 1 is 1.43 bits per heavy atom. The fourth-order valence-corrected chi connectivity index (χ4v) is 1.68.